The Labute approximate surface area is 73.1 Å². The third-order valence-electron chi connectivity index (χ3n) is 1.44. The lowest BCUT2D eigenvalue weighted by Gasteiger charge is -1.95. The molecule has 0 spiro atoms. The Kier molecular flexibility index (Phi) is 2.49. The van der Waals surface area contributed by atoms with E-state index in [4.69, 9.17) is 0 Å². The van der Waals surface area contributed by atoms with Crippen molar-refractivity contribution in [3.05, 3.63) is 39.4 Å². The summed E-state index contributed by atoms with van der Waals surface area (Å²) >= 11 is 0. The van der Waals surface area contributed by atoms with E-state index in [-0.39, 0.29) is 11.1 Å². The maximum absolute atomic E-state index is 10.4. The van der Waals surface area contributed by atoms with Crippen molar-refractivity contribution >= 4 is 18.3 Å². The van der Waals surface area contributed by atoms with Gasteiger partial charge in [-0.05, 0) is 12.1 Å². The van der Waals surface area contributed by atoms with Gasteiger partial charge in [0.2, 0.25) is 12.6 Å². The summed E-state index contributed by atoms with van der Waals surface area (Å²) in [4.78, 5) is 30.1. The normalized spacial score (nSPS) is 9.23. The maximum Gasteiger partial charge on any atom is 0.291 e. The summed E-state index contributed by atoms with van der Waals surface area (Å²) in [6.07, 6.45) is 2.76. The number of rotatable bonds is 3. The van der Waals surface area contributed by atoms with Crippen molar-refractivity contribution in [1.29, 1.82) is 0 Å². The standard InChI is InChI=1S/C8H3NO4/c10-4-6-2-1-3-7(5-11)8(6)9(12)13/h1-3H. The Bertz CT molecular complexity index is 346. The van der Waals surface area contributed by atoms with Crippen LogP contribution < -0.4 is 0 Å². The van der Waals surface area contributed by atoms with Gasteiger partial charge in [0.05, 0.1) is 4.92 Å². The number of nitro groups is 1. The summed E-state index contributed by atoms with van der Waals surface area (Å²) in [5, 5.41) is 10.4. The van der Waals surface area contributed by atoms with E-state index in [2.05, 4.69) is 0 Å². The van der Waals surface area contributed by atoms with E-state index in [1.807, 2.05) is 0 Å². The average Bonchev–Trinajstić information content (AvgIpc) is 2.16. The minimum absolute atomic E-state index is 0.245. The molecule has 1 aromatic rings. The number of para-hydroxylation sites is 1. The Balaban J connectivity index is 3.46. The highest BCUT2D eigenvalue weighted by Crippen LogP contribution is 2.20. The molecule has 0 aliphatic heterocycles. The molecule has 0 aromatic heterocycles. The van der Waals surface area contributed by atoms with E-state index in [9.17, 15) is 19.7 Å². The quantitative estimate of drug-likeness (QED) is 0.497. The monoisotopic (exact) mass is 177 g/mol. The van der Waals surface area contributed by atoms with Gasteiger partial charge in [-0.25, -0.2) is 0 Å². The molecule has 0 atom stereocenters. The van der Waals surface area contributed by atoms with Crippen molar-refractivity contribution in [2.75, 3.05) is 0 Å². The zero-order valence-corrected chi connectivity index (χ0v) is 6.31. The van der Waals surface area contributed by atoms with Crippen LogP contribution in [0.1, 0.15) is 11.1 Å². The van der Waals surface area contributed by atoms with E-state index in [1.54, 1.807) is 0 Å². The second-order valence-electron chi connectivity index (χ2n) is 2.16. The largest absolute Gasteiger partial charge is 0.291 e. The van der Waals surface area contributed by atoms with Crippen LogP contribution in [0.25, 0.3) is 0 Å². The molecule has 0 aliphatic carbocycles. The lowest BCUT2D eigenvalue weighted by molar-refractivity contribution is -0.385. The SMILES string of the molecule is O=[C]c1cccc([C]=O)c1[N+](=O)[O-]. The molecule has 0 amide bonds. The summed E-state index contributed by atoms with van der Waals surface area (Å²) in [5.74, 6) is 0. The molecule has 0 fully saturated rings. The van der Waals surface area contributed by atoms with Gasteiger partial charge in [0, 0.05) is 0 Å². The van der Waals surface area contributed by atoms with E-state index < -0.39 is 10.6 Å². The van der Waals surface area contributed by atoms with E-state index >= 15 is 0 Å². The highest BCUT2D eigenvalue weighted by atomic mass is 16.6. The first-order valence-electron chi connectivity index (χ1n) is 3.24. The molecule has 5 heteroatoms. The van der Waals surface area contributed by atoms with Crippen molar-refractivity contribution < 1.29 is 14.5 Å². The second-order valence-corrected chi connectivity index (χ2v) is 2.16. The van der Waals surface area contributed by atoms with Crippen LogP contribution in [0.5, 0.6) is 0 Å². The zero-order chi connectivity index (χ0) is 9.84. The van der Waals surface area contributed by atoms with Crippen molar-refractivity contribution in [1.82, 2.24) is 0 Å². The van der Waals surface area contributed by atoms with Gasteiger partial charge in [-0.2, -0.15) is 0 Å². The van der Waals surface area contributed by atoms with Gasteiger partial charge in [-0.1, -0.05) is 6.07 Å². The minimum Gasteiger partial charge on any atom is -0.285 e. The van der Waals surface area contributed by atoms with Crippen LogP contribution in [0.4, 0.5) is 5.69 Å². The van der Waals surface area contributed by atoms with Gasteiger partial charge in [0.15, 0.2) is 0 Å². The van der Waals surface area contributed by atoms with Crippen LogP contribution in [0.3, 0.4) is 0 Å². The lowest BCUT2D eigenvalue weighted by atomic mass is 10.1. The number of nitrogens with zero attached hydrogens (tertiary/aromatic N) is 1. The molecule has 0 N–H and O–H groups in total. The van der Waals surface area contributed by atoms with E-state index in [0.29, 0.717) is 0 Å². The Morgan fingerprint density at radius 2 is 1.62 bits per heavy atom. The highest BCUT2D eigenvalue weighted by Gasteiger charge is 2.19. The van der Waals surface area contributed by atoms with Crippen molar-refractivity contribution in [2.45, 2.75) is 0 Å². The highest BCUT2D eigenvalue weighted by molar-refractivity contribution is 5.91. The fourth-order valence-electron chi connectivity index (χ4n) is 0.905. The lowest BCUT2D eigenvalue weighted by Crippen LogP contribution is -1.99. The number of hydrogen-bond acceptors (Lipinski definition) is 4. The first-order chi connectivity index (χ1) is 6.20. The molecular formula is C8H3NO4. The van der Waals surface area contributed by atoms with Crippen LogP contribution in [-0.4, -0.2) is 17.5 Å². The van der Waals surface area contributed by atoms with Gasteiger partial charge in [-0.15, -0.1) is 0 Å². The van der Waals surface area contributed by atoms with Crippen LogP contribution in [-0.2, 0) is 9.59 Å². The predicted molar refractivity (Wildman–Crippen MR) is 42.7 cm³/mol. The van der Waals surface area contributed by atoms with Gasteiger partial charge in [-0.3, -0.25) is 19.7 Å². The molecule has 0 saturated heterocycles. The molecule has 1 aromatic carbocycles. The molecule has 5 nitrogen and oxygen atoms in total. The molecule has 1 rings (SSSR count). The van der Waals surface area contributed by atoms with E-state index in [0.717, 1.165) is 0 Å². The summed E-state index contributed by atoms with van der Waals surface area (Å²) in [6, 6.07) is 3.78. The third kappa shape index (κ3) is 1.58. The van der Waals surface area contributed by atoms with E-state index in [1.165, 1.54) is 30.8 Å². The molecule has 0 aliphatic rings. The molecule has 0 unspecified atom stereocenters. The summed E-state index contributed by atoms with van der Waals surface area (Å²) < 4.78 is 0. The predicted octanol–water partition coefficient (Wildman–Crippen LogP) is 0.510. The number of hydrogen-bond donors (Lipinski definition) is 0. The Hall–Kier alpha value is -2.04. The fraction of sp³-hybridized carbons (Fsp3) is 0. The van der Waals surface area contributed by atoms with Crippen molar-refractivity contribution in [3.63, 3.8) is 0 Å². The molecule has 0 bridgehead atoms. The zero-order valence-electron chi connectivity index (χ0n) is 6.31. The minimum atomic E-state index is -0.805. The third-order valence-corrected chi connectivity index (χ3v) is 1.44. The van der Waals surface area contributed by atoms with Crippen LogP contribution in [0.15, 0.2) is 18.2 Å². The fourth-order valence-corrected chi connectivity index (χ4v) is 0.905. The van der Waals surface area contributed by atoms with Gasteiger partial charge in [0.25, 0.3) is 5.69 Å². The van der Waals surface area contributed by atoms with Gasteiger partial charge in [0.1, 0.15) is 11.1 Å². The first-order valence-corrected chi connectivity index (χ1v) is 3.24. The van der Waals surface area contributed by atoms with Crippen LogP contribution >= 0.6 is 0 Å². The molecular weight excluding hydrogens is 174 g/mol. The molecule has 64 valence electrons. The molecule has 13 heavy (non-hydrogen) atoms. The topological polar surface area (TPSA) is 77.3 Å². The van der Waals surface area contributed by atoms with Gasteiger partial charge >= 0.3 is 0 Å². The number of nitro benzene ring substituents is 1. The number of carbonyl (C=O) groups excluding carboxylic acids is 2. The maximum atomic E-state index is 10.4. The summed E-state index contributed by atoms with van der Waals surface area (Å²) in [5.41, 5.74) is -1.04. The smallest absolute Gasteiger partial charge is 0.285 e. The van der Waals surface area contributed by atoms with Crippen LogP contribution in [0, 0.1) is 10.1 Å². The first kappa shape index (κ1) is 9.05. The second kappa shape index (κ2) is 3.57. The van der Waals surface area contributed by atoms with Crippen molar-refractivity contribution in [3.8, 4) is 0 Å². The molecule has 0 heterocycles. The molecule has 0 saturated carbocycles. The summed E-state index contributed by atoms with van der Waals surface area (Å²) in [6.45, 7) is 0. The van der Waals surface area contributed by atoms with Crippen molar-refractivity contribution in [2.24, 2.45) is 0 Å². The average molecular weight is 177 g/mol. The molecule has 2 radical (unpaired) electrons. The Morgan fingerprint density at radius 1 is 1.15 bits per heavy atom. The number of benzene rings is 1. The summed E-state index contributed by atoms with van der Waals surface area (Å²) in [7, 11) is 0. The van der Waals surface area contributed by atoms with Crippen LogP contribution in [0.2, 0.25) is 0 Å². The Morgan fingerprint density at radius 3 is 1.92 bits per heavy atom. The van der Waals surface area contributed by atoms with Gasteiger partial charge < -0.3 is 0 Å².